The van der Waals surface area contributed by atoms with Gasteiger partial charge in [0.1, 0.15) is 18.3 Å². The number of anilines is 4. The Morgan fingerprint density at radius 1 is 1.12 bits per heavy atom. The van der Waals surface area contributed by atoms with Crippen molar-refractivity contribution < 1.29 is 19.1 Å². The van der Waals surface area contributed by atoms with Crippen LogP contribution in [0, 0.1) is 0 Å². The number of amides is 3. The molecule has 10 nitrogen and oxygen atoms in total. The molecular formula is C23H24N6O4. The zero-order chi connectivity index (χ0) is 23.5. The summed E-state index contributed by atoms with van der Waals surface area (Å²) in [6, 6.07) is 11.8. The summed E-state index contributed by atoms with van der Waals surface area (Å²) in [5.74, 6) is -0.0411. The van der Waals surface area contributed by atoms with E-state index in [0.717, 1.165) is 5.69 Å². The van der Waals surface area contributed by atoms with Crippen LogP contribution in [-0.2, 0) is 16.1 Å². The standard InChI is InChI=1S/C23H24N6O4/c1-14-22(31)27-19-10-15(4-9-20(19)28(14)2)23(32)26-17-11-24-29(12-17)13-21(30)25-16-5-7-18(33-3)8-6-16/h4-12,14H,13H2,1-3H3,(H,25,30)(H,26,32)(H,27,31). The number of carbonyl (C=O) groups excluding carboxylic acids is 3. The van der Waals surface area contributed by atoms with E-state index < -0.39 is 0 Å². The molecule has 0 saturated carbocycles. The smallest absolute Gasteiger partial charge is 0.255 e. The minimum atomic E-state index is -0.351. The Balaban J connectivity index is 1.37. The van der Waals surface area contributed by atoms with Gasteiger partial charge in [-0.3, -0.25) is 19.1 Å². The van der Waals surface area contributed by atoms with E-state index in [1.807, 2.05) is 18.9 Å². The van der Waals surface area contributed by atoms with Gasteiger partial charge >= 0.3 is 0 Å². The molecule has 0 fully saturated rings. The highest BCUT2D eigenvalue weighted by molar-refractivity contribution is 6.08. The van der Waals surface area contributed by atoms with Crippen LogP contribution in [0.3, 0.4) is 0 Å². The number of methoxy groups -OCH3 is 1. The number of carbonyl (C=O) groups is 3. The molecular weight excluding hydrogens is 424 g/mol. The van der Waals surface area contributed by atoms with E-state index >= 15 is 0 Å². The molecule has 3 N–H and O–H groups in total. The summed E-state index contributed by atoms with van der Waals surface area (Å²) in [6.45, 7) is 1.80. The van der Waals surface area contributed by atoms with Crippen molar-refractivity contribution in [3.63, 3.8) is 0 Å². The number of hydrogen-bond donors (Lipinski definition) is 3. The van der Waals surface area contributed by atoms with E-state index in [0.29, 0.717) is 28.4 Å². The summed E-state index contributed by atoms with van der Waals surface area (Å²) >= 11 is 0. The second-order valence-corrected chi connectivity index (χ2v) is 7.67. The van der Waals surface area contributed by atoms with E-state index in [-0.39, 0.29) is 30.3 Å². The lowest BCUT2D eigenvalue weighted by Gasteiger charge is -2.33. The van der Waals surface area contributed by atoms with Crippen molar-refractivity contribution in [3.8, 4) is 5.75 Å². The second-order valence-electron chi connectivity index (χ2n) is 7.67. The molecule has 10 heteroatoms. The van der Waals surface area contributed by atoms with Gasteiger partial charge in [-0.05, 0) is 49.4 Å². The average molecular weight is 448 g/mol. The summed E-state index contributed by atoms with van der Waals surface area (Å²) in [4.78, 5) is 38.9. The van der Waals surface area contributed by atoms with Crippen molar-refractivity contribution in [1.82, 2.24) is 9.78 Å². The number of ether oxygens (including phenoxy) is 1. The van der Waals surface area contributed by atoms with E-state index in [1.54, 1.807) is 55.8 Å². The molecule has 3 amide bonds. The molecule has 1 aromatic heterocycles. The van der Waals surface area contributed by atoms with E-state index in [1.165, 1.54) is 10.9 Å². The lowest BCUT2D eigenvalue weighted by Crippen LogP contribution is -2.43. The molecule has 33 heavy (non-hydrogen) atoms. The van der Waals surface area contributed by atoms with Crippen molar-refractivity contribution >= 4 is 40.5 Å². The van der Waals surface area contributed by atoms with Gasteiger partial charge in [0.2, 0.25) is 11.8 Å². The molecule has 0 bridgehead atoms. The zero-order valence-corrected chi connectivity index (χ0v) is 18.5. The number of hydrogen-bond acceptors (Lipinski definition) is 6. The lowest BCUT2D eigenvalue weighted by atomic mass is 10.1. The van der Waals surface area contributed by atoms with Crippen LogP contribution in [0.5, 0.6) is 5.75 Å². The molecule has 1 unspecified atom stereocenters. The van der Waals surface area contributed by atoms with Crippen molar-refractivity contribution in [2.45, 2.75) is 19.5 Å². The number of nitrogens with one attached hydrogen (secondary N) is 3. The third-order valence-electron chi connectivity index (χ3n) is 5.43. The number of rotatable bonds is 6. The molecule has 3 aromatic rings. The molecule has 170 valence electrons. The molecule has 0 saturated heterocycles. The van der Waals surface area contributed by atoms with Crippen LogP contribution >= 0.6 is 0 Å². The SMILES string of the molecule is COc1ccc(NC(=O)Cn2cc(NC(=O)c3ccc4c(c3)NC(=O)C(C)N4C)cn2)cc1. The van der Waals surface area contributed by atoms with E-state index in [2.05, 4.69) is 21.0 Å². The normalized spacial score (nSPS) is 14.8. The van der Waals surface area contributed by atoms with Crippen LogP contribution in [0.2, 0.25) is 0 Å². The van der Waals surface area contributed by atoms with Crippen LogP contribution in [0.1, 0.15) is 17.3 Å². The van der Waals surface area contributed by atoms with Crippen LogP contribution in [0.25, 0.3) is 0 Å². The first-order chi connectivity index (χ1) is 15.8. The van der Waals surface area contributed by atoms with Gasteiger partial charge in [0.25, 0.3) is 5.91 Å². The maximum Gasteiger partial charge on any atom is 0.255 e. The van der Waals surface area contributed by atoms with E-state index in [9.17, 15) is 14.4 Å². The van der Waals surface area contributed by atoms with Gasteiger partial charge in [-0.2, -0.15) is 5.10 Å². The van der Waals surface area contributed by atoms with Gasteiger partial charge in [0, 0.05) is 24.5 Å². The van der Waals surface area contributed by atoms with Crippen LogP contribution in [0.4, 0.5) is 22.7 Å². The van der Waals surface area contributed by atoms with Crippen molar-refractivity contribution in [2.24, 2.45) is 0 Å². The quantitative estimate of drug-likeness (QED) is 0.534. The predicted octanol–water partition coefficient (Wildman–Crippen LogP) is 2.56. The monoisotopic (exact) mass is 448 g/mol. The van der Waals surface area contributed by atoms with Gasteiger partial charge in [-0.15, -0.1) is 0 Å². The third-order valence-corrected chi connectivity index (χ3v) is 5.43. The minimum Gasteiger partial charge on any atom is -0.497 e. The first-order valence-corrected chi connectivity index (χ1v) is 10.3. The highest BCUT2D eigenvalue weighted by atomic mass is 16.5. The molecule has 0 spiro atoms. The summed E-state index contributed by atoms with van der Waals surface area (Å²) in [5.41, 5.74) is 2.90. The maximum absolute atomic E-state index is 12.7. The number of nitrogens with zero attached hydrogens (tertiary/aromatic N) is 3. The molecule has 2 aromatic carbocycles. The Hall–Kier alpha value is -4.34. The summed E-state index contributed by atoms with van der Waals surface area (Å²) < 4.78 is 6.52. The van der Waals surface area contributed by atoms with Gasteiger partial charge in [0.05, 0.1) is 30.4 Å². The number of aromatic nitrogens is 2. The van der Waals surface area contributed by atoms with Crippen molar-refractivity contribution in [3.05, 3.63) is 60.4 Å². The second kappa shape index (κ2) is 9.03. The Morgan fingerprint density at radius 2 is 1.88 bits per heavy atom. The summed E-state index contributed by atoms with van der Waals surface area (Å²) in [5, 5.41) is 12.5. The Kier molecular flexibility index (Phi) is 5.99. The largest absolute Gasteiger partial charge is 0.497 e. The molecule has 4 rings (SSSR count). The van der Waals surface area contributed by atoms with Gasteiger partial charge < -0.3 is 25.6 Å². The van der Waals surface area contributed by atoms with Gasteiger partial charge in [-0.25, -0.2) is 0 Å². The molecule has 1 aliphatic rings. The molecule has 0 aliphatic carbocycles. The van der Waals surface area contributed by atoms with Crippen LogP contribution < -0.4 is 25.6 Å². The van der Waals surface area contributed by atoms with E-state index in [4.69, 9.17) is 4.74 Å². The van der Waals surface area contributed by atoms with Crippen molar-refractivity contribution in [2.75, 3.05) is 35.0 Å². The topological polar surface area (TPSA) is 118 Å². The van der Waals surface area contributed by atoms with Crippen molar-refractivity contribution in [1.29, 1.82) is 0 Å². The maximum atomic E-state index is 12.7. The highest BCUT2D eigenvalue weighted by Gasteiger charge is 2.27. The highest BCUT2D eigenvalue weighted by Crippen LogP contribution is 2.31. The Morgan fingerprint density at radius 3 is 2.61 bits per heavy atom. The van der Waals surface area contributed by atoms with Crippen LogP contribution in [0.15, 0.2) is 54.9 Å². The number of likely N-dealkylation sites (N-methyl/N-ethyl adjacent to an activating group) is 1. The lowest BCUT2D eigenvalue weighted by molar-refractivity contribution is -0.117. The van der Waals surface area contributed by atoms with Crippen LogP contribution in [-0.4, -0.2) is 47.7 Å². The van der Waals surface area contributed by atoms with Gasteiger partial charge in [0.15, 0.2) is 0 Å². The third kappa shape index (κ3) is 4.79. The number of fused-ring (bicyclic) bond motifs is 1. The fourth-order valence-corrected chi connectivity index (χ4v) is 3.45. The molecule has 1 aliphatic heterocycles. The number of benzene rings is 2. The molecule has 1 atom stereocenters. The Bertz CT molecular complexity index is 1200. The summed E-state index contributed by atoms with van der Waals surface area (Å²) in [7, 11) is 3.41. The Labute approximate surface area is 190 Å². The molecule has 2 heterocycles. The summed E-state index contributed by atoms with van der Waals surface area (Å²) in [6.07, 6.45) is 3.04. The first kappa shape index (κ1) is 21.9. The predicted molar refractivity (Wildman–Crippen MR) is 125 cm³/mol. The molecule has 0 radical (unpaired) electrons. The van der Waals surface area contributed by atoms with Gasteiger partial charge in [-0.1, -0.05) is 0 Å². The minimum absolute atomic E-state index is 0.0166. The fourth-order valence-electron chi connectivity index (χ4n) is 3.45. The average Bonchev–Trinajstić information content (AvgIpc) is 3.24. The fraction of sp³-hybridized carbons (Fsp3) is 0.217. The first-order valence-electron chi connectivity index (χ1n) is 10.3. The zero-order valence-electron chi connectivity index (χ0n) is 18.5.